The van der Waals surface area contributed by atoms with Crippen molar-refractivity contribution in [3.63, 3.8) is 0 Å². The lowest BCUT2D eigenvalue weighted by Crippen LogP contribution is -2.69. The Kier molecular flexibility index (Phi) is 6.55. The van der Waals surface area contributed by atoms with Gasteiger partial charge in [-0.25, -0.2) is 8.78 Å². The smallest absolute Gasteiger partial charge is 0.306 e. The topological polar surface area (TPSA) is 107 Å². The van der Waals surface area contributed by atoms with Crippen molar-refractivity contribution in [1.82, 2.24) is 0 Å². The monoisotopic (exact) mass is 508 g/mol. The minimum atomic E-state index is -2.29. The Labute approximate surface area is 209 Å². The number of esters is 2. The van der Waals surface area contributed by atoms with E-state index in [4.69, 9.17) is 9.47 Å². The summed E-state index contributed by atoms with van der Waals surface area (Å²) in [6, 6.07) is 0. The summed E-state index contributed by atoms with van der Waals surface area (Å²) in [6.07, 6.45) is 1.03. The van der Waals surface area contributed by atoms with E-state index in [1.807, 2.05) is 0 Å². The van der Waals surface area contributed by atoms with Gasteiger partial charge in [-0.3, -0.25) is 19.2 Å². The fourth-order valence-corrected chi connectivity index (χ4v) is 7.58. The van der Waals surface area contributed by atoms with E-state index < -0.39 is 70.2 Å². The number of carbonyl (C=O) groups excluding carboxylic acids is 4. The SMILES string of the molecule is CCCC(=O)OC1(C(=O)COC(C)=O)CC[C@H]2[C@@H]3CC(F)=C4CC(=O)C=C[C@]4(C)[C@@]3(F)[C@@H](O)C[C@@]21C. The predicted molar refractivity (Wildman–Crippen MR) is 124 cm³/mol. The van der Waals surface area contributed by atoms with Gasteiger partial charge < -0.3 is 14.6 Å². The van der Waals surface area contributed by atoms with Gasteiger partial charge in [0.1, 0.15) is 5.83 Å². The maximum Gasteiger partial charge on any atom is 0.306 e. The molecule has 0 radical (unpaired) electrons. The number of aliphatic hydroxyl groups is 1. The number of fused-ring (bicyclic) bond motifs is 5. The second-order valence-electron chi connectivity index (χ2n) is 11.2. The molecule has 0 aromatic carbocycles. The van der Waals surface area contributed by atoms with Crippen LogP contribution in [0.1, 0.15) is 72.6 Å². The van der Waals surface area contributed by atoms with Gasteiger partial charge in [-0.1, -0.05) is 19.9 Å². The largest absolute Gasteiger partial charge is 0.458 e. The average Bonchev–Trinajstić information content (AvgIpc) is 3.08. The highest BCUT2D eigenvalue weighted by atomic mass is 19.1. The molecule has 0 saturated heterocycles. The van der Waals surface area contributed by atoms with Gasteiger partial charge in [0.15, 0.2) is 23.7 Å². The van der Waals surface area contributed by atoms with E-state index in [2.05, 4.69) is 0 Å². The first-order valence-corrected chi connectivity index (χ1v) is 12.6. The number of rotatable bonds is 6. The minimum Gasteiger partial charge on any atom is -0.458 e. The Bertz CT molecular complexity index is 1070. The average molecular weight is 509 g/mol. The zero-order valence-electron chi connectivity index (χ0n) is 21.2. The number of hydrogen-bond donors (Lipinski definition) is 1. The lowest BCUT2D eigenvalue weighted by atomic mass is 9.45. The van der Waals surface area contributed by atoms with Crippen LogP contribution in [-0.2, 0) is 28.7 Å². The van der Waals surface area contributed by atoms with Gasteiger partial charge in [-0.2, -0.15) is 0 Å². The van der Waals surface area contributed by atoms with Gasteiger partial charge in [-0.05, 0) is 50.2 Å². The number of Topliss-reactive ketones (excluding diaryl/α,β-unsaturated/α-hetero) is 1. The van der Waals surface area contributed by atoms with Crippen LogP contribution in [0.4, 0.5) is 8.78 Å². The van der Waals surface area contributed by atoms with Crippen LogP contribution in [-0.4, -0.2) is 52.6 Å². The number of carbonyl (C=O) groups is 4. The molecule has 0 aromatic heterocycles. The third-order valence-electron chi connectivity index (χ3n) is 9.38. The molecule has 0 heterocycles. The van der Waals surface area contributed by atoms with Gasteiger partial charge in [-0.15, -0.1) is 0 Å². The number of allylic oxidation sites excluding steroid dienone is 4. The molecule has 0 amide bonds. The lowest BCUT2D eigenvalue weighted by Gasteiger charge is -2.62. The van der Waals surface area contributed by atoms with Gasteiger partial charge in [0.25, 0.3) is 0 Å². The number of hydrogen-bond acceptors (Lipinski definition) is 7. The Balaban J connectivity index is 1.81. The molecular formula is C27H34F2O7. The van der Waals surface area contributed by atoms with Gasteiger partial charge in [0.05, 0.1) is 6.10 Å². The van der Waals surface area contributed by atoms with Gasteiger partial charge >= 0.3 is 11.9 Å². The van der Waals surface area contributed by atoms with Crippen molar-refractivity contribution < 1.29 is 42.5 Å². The molecule has 198 valence electrons. The van der Waals surface area contributed by atoms with Crippen LogP contribution >= 0.6 is 0 Å². The number of halogens is 2. The van der Waals surface area contributed by atoms with Crippen LogP contribution in [0, 0.1) is 22.7 Å². The molecule has 4 rings (SSSR count). The molecule has 2 saturated carbocycles. The fraction of sp³-hybridized carbons (Fsp3) is 0.704. The van der Waals surface area contributed by atoms with Gasteiger partial charge in [0.2, 0.25) is 5.78 Å². The predicted octanol–water partition coefficient (Wildman–Crippen LogP) is 3.87. The maximum absolute atomic E-state index is 17.3. The Morgan fingerprint density at radius 3 is 2.56 bits per heavy atom. The molecule has 7 nitrogen and oxygen atoms in total. The fourth-order valence-electron chi connectivity index (χ4n) is 7.58. The number of aliphatic hydroxyl groups excluding tert-OH is 1. The van der Waals surface area contributed by atoms with E-state index in [1.54, 1.807) is 13.8 Å². The molecule has 4 aliphatic carbocycles. The molecule has 0 bridgehead atoms. The second-order valence-corrected chi connectivity index (χ2v) is 11.2. The third kappa shape index (κ3) is 3.52. The number of alkyl halides is 1. The maximum atomic E-state index is 17.3. The van der Waals surface area contributed by atoms with Crippen molar-refractivity contribution in [3.8, 4) is 0 Å². The normalized spacial score (nSPS) is 41.3. The summed E-state index contributed by atoms with van der Waals surface area (Å²) in [7, 11) is 0. The summed E-state index contributed by atoms with van der Waals surface area (Å²) in [5, 5.41) is 11.4. The first kappa shape index (κ1) is 26.6. The van der Waals surface area contributed by atoms with Crippen molar-refractivity contribution in [1.29, 1.82) is 0 Å². The van der Waals surface area contributed by atoms with Crippen molar-refractivity contribution in [2.75, 3.05) is 6.61 Å². The highest BCUT2D eigenvalue weighted by Gasteiger charge is 2.76. The molecular weight excluding hydrogens is 474 g/mol. The number of ketones is 2. The first-order chi connectivity index (χ1) is 16.8. The van der Waals surface area contributed by atoms with Crippen LogP contribution in [0.3, 0.4) is 0 Å². The lowest BCUT2D eigenvalue weighted by molar-refractivity contribution is -0.223. The Hall–Kier alpha value is -2.42. The first-order valence-electron chi connectivity index (χ1n) is 12.6. The van der Waals surface area contributed by atoms with Crippen molar-refractivity contribution >= 4 is 23.5 Å². The molecule has 7 atom stereocenters. The van der Waals surface area contributed by atoms with Crippen LogP contribution in [0.15, 0.2) is 23.6 Å². The Morgan fingerprint density at radius 2 is 1.92 bits per heavy atom. The van der Waals surface area contributed by atoms with Crippen LogP contribution in [0.25, 0.3) is 0 Å². The van der Waals surface area contributed by atoms with Crippen molar-refractivity contribution in [3.05, 3.63) is 23.6 Å². The quantitative estimate of drug-likeness (QED) is 0.543. The van der Waals surface area contributed by atoms with Crippen molar-refractivity contribution in [2.24, 2.45) is 22.7 Å². The summed E-state index contributed by atoms with van der Waals surface area (Å²) in [4.78, 5) is 49.7. The zero-order chi connectivity index (χ0) is 26.7. The summed E-state index contributed by atoms with van der Waals surface area (Å²) in [6.45, 7) is 5.51. The highest BCUT2D eigenvalue weighted by Crippen LogP contribution is 2.70. The molecule has 0 aromatic rings. The molecule has 2 fully saturated rings. The summed E-state index contributed by atoms with van der Waals surface area (Å²) >= 11 is 0. The summed E-state index contributed by atoms with van der Waals surface area (Å²) in [5.74, 6) is -4.45. The second kappa shape index (κ2) is 8.85. The minimum absolute atomic E-state index is 0.0479. The molecule has 4 aliphatic rings. The summed E-state index contributed by atoms with van der Waals surface area (Å²) < 4.78 is 43.6. The zero-order valence-corrected chi connectivity index (χ0v) is 21.2. The molecule has 1 N–H and O–H groups in total. The van der Waals surface area contributed by atoms with Crippen molar-refractivity contribution in [2.45, 2.75) is 90.0 Å². The van der Waals surface area contributed by atoms with Crippen LogP contribution in [0.2, 0.25) is 0 Å². The van der Waals surface area contributed by atoms with E-state index in [1.165, 1.54) is 19.1 Å². The molecule has 0 aliphatic heterocycles. The molecule has 0 spiro atoms. The van der Waals surface area contributed by atoms with E-state index in [0.717, 1.165) is 6.92 Å². The van der Waals surface area contributed by atoms with E-state index in [-0.39, 0.29) is 49.9 Å². The van der Waals surface area contributed by atoms with Gasteiger partial charge in [0, 0.05) is 42.9 Å². The molecule has 9 heteroatoms. The highest BCUT2D eigenvalue weighted by molar-refractivity contribution is 5.94. The third-order valence-corrected chi connectivity index (χ3v) is 9.38. The van der Waals surface area contributed by atoms with Crippen LogP contribution < -0.4 is 0 Å². The van der Waals surface area contributed by atoms with Crippen LogP contribution in [0.5, 0.6) is 0 Å². The molecule has 36 heavy (non-hydrogen) atoms. The van der Waals surface area contributed by atoms with E-state index in [9.17, 15) is 24.3 Å². The van der Waals surface area contributed by atoms with E-state index >= 15 is 8.78 Å². The Morgan fingerprint density at radius 1 is 1.22 bits per heavy atom. The molecule has 1 unspecified atom stereocenters. The standard InChI is InChI=1S/C27H34F2O7/c1-5-6-23(34)36-26(22(33)14-35-15(2)30)10-8-17-18-12-20(28)19-11-16(31)7-9-24(19,3)27(18,29)21(32)13-25(17,26)4/h7,9,17-18,21,32H,5-6,8,10-14H2,1-4H3/t17-,18-,21-,24-,25-,26?,27-/m0/s1. The summed E-state index contributed by atoms with van der Waals surface area (Å²) in [5.41, 5.74) is -6.74. The number of ether oxygens (including phenoxy) is 2. The van der Waals surface area contributed by atoms with E-state index in [0.29, 0.717) is 6.42 Å².